The number of benzene rings is 2. The Bertz CT molecular complexity index is 1200. The number of nitro groups is 1. The fourth-order valence-electron chi connectivity index (χ4n) is 2.75. The lowest BCUT2D eigenvalue weighted by molar-refractivity contribution is -0.384. The van der Waals surface area contributed by atoms with Gasteiger partial charge in [0.2, 0.25) is 6.10 Å². The standard InChI is InChI=1S/C21H14Cl3N3O5/c1-11-7-8-14(15(9-11)27(30)31)26-20(28)19(12-5-3-2-4-6-12)32-21(29)18-17(24)16(23)13(22)10-25-18/h2-10,19H,1H3,(H,26,28). The largest absolute Gasteiger partial charge is 0.443 e. The average molecular weight is 495 g/mol. The van der Waals surface area contributed by atoms with Gasteiger partial charge in [0.25, 0.3) is 11.6 Å². The van der Waals surface area contributed by atoms with Crippen molar-refractivity contribution in [2.45, 2.75) is 13.0 Å². The van der Waals surface area contributed by atoms with E-state index in [4.69, 9.17) is 39.5 Å². The average Bonchev–Trinajstić information content (AvgIpc) is 2.77. The maximum absolute atomic E-state index is 13.0. The Hall–Kier alpha value is -3.20. The van der Waals surface area contributed by atoms with Gasteiger partial charge in [0.15, 0.2) is 5.69 Å². The van der Waals surface area contributed by atoms with Crippen molar-refractivity contribution in [1.82, 2.24) is 4.98 Å². The highest BCUT2D eigenvalue weighted by Gasteiger charge is 2.29. The first-order valence-electron chi connectivity index (χ1n) is 9.00. The van der Waals surface area contributed by atoms with Crippen LogP contribution in [0.4, 0.5) is 11.4 Å². The van der Waals surface area contributed by atoms with Gasteiger partial charge in [-0.3, -0.25) is 14.9 Å². The van der Waals surface area contributed by atoms with Gasteiger partial charge in [0.1, 0.15) is 5.69 Å². The molecule has 0 saturated heterocycles. The van der Waals surface area contributed by atoms with Gasteiger partial charge in [-0.15, -0.1) is 0 Å². The molecule has 2 aromatic carbocycles. The second-order valence-electron chi connectivity index (χ2n) is 6.55. The summed E-state index contributed by atoms with van der Waals surface area (Å²) in [5.41, 5.74) is 0.278. The minimum absolute atomic E-state index is 0.0391. The zero-order chi connectivity index (χ0) is 23.4. The number of rotatable bonds is 6. The summed E-state index contributed by atoms with van der Waals surface area (Å²) in [5.74, 6) is -1.84. The summed E-state index contributed by atoms with van der Waals surface area (Å²) < 4.78 is 5.39. The van der Waals surface area contributed by atoms with Crippen molar-refractivity contribution < 1.29 is 19.2 Å². The molecule has 0 aliphatic carbocycles. The number of ether oxygens (including phenoxy) is 1. The van der Waals surface area contributed by atoms with Gasteiger partial charge in [-0.25, -0.2) is 9.78 Å². The van der Waals surface area contributed by atoms with Crippen LogP contribution < -0.4 is 5.32 Å². The summed E-state index contributed by atoms with van der Waals surface area (Å²) >= 11 is 17.8. The van der Waals surface area contributed by atoms with Gasteiger partial charge in [-0.2, -0.15) is 0 Å². The topological polar surface area (TPSA) is 111 Å². The zero-order valence-electron chi connectivity index (χ0n) is 16.3. The van der Waals surface area contributed by atoms with E-state index in [9.17, 15) is 19.7 Å². The van der Waals surface area contributed by atoms with Gasteiger partial charge in [0, 0.05) is 17.8 Å². The Kier molecular flexibility index (Phi) is 7.29. The van der Waals surface area contributed by atoms with Crippen LogP contribution in [0.3, 0.4) is 0 Å². The smallest absolute Gasteiger partial charge is 0.359 e. The Labute approximate surface area is 197 Å². The second kappa shape index (κ2) is 9.95. The predicted octanol–water partition coefficient (Wildman–Crippen LogP) is 5.80. The van der Waals surface area contributed by atoms with Crippen molar-refractivity contribution in [1.29, 1.82) is 0 Å². The summed E-state index contributed by atoms with van der Waals surface area (Å²) in [5, 5.41) is 13.5. The minimum Gasteiger partial charge on any atom is -0.443 e. The van der Waals surface area contributed by atoms with Crippen molar-refractivity contribution >= 4 is 58.1 Å². The van der Waals surface area contributed by atoms with Gasteiger partial charge >= 0.3 is 5.97 Å². The summed E-state index contributed by atoms with van der Waals surface area (Å²) in [6, 6.07) is 12.4. The van der Waals surface area contributed by atoms with E-state index in [1.807, 2.05) is 0 Å². The summed E-state index contributed by atoms with van der Waals surface area (Å²) in [6.45, 7) is 1.68. The van der Waals surface area contributed by atoms with Gasteiger partial charge in [0.05, 0.1) is 20.0 Å². The lowest BCUT2D eigenvalue weighted by Gasteiger charge is -2.18. The molecule has 8 nitrogen and oxygen atoms in total. The molecule has 1 unspecified atom stereocenters. The number of hydrogen-bond acceptors (Lipinski definition) is 6. The first kappa shape index (κ1) is 23.5. The first-order chi connectivity index (χ1) is 15.2. The van der Waals surface area contributed by atoms with Crippen LogP contribution in [0.25, 0.3) is 0 Å². The maximum Gasteiger partial charge on any atom is 0.359 e. The molecule has 0 bridgehead atoms. The number of aryl methyl sites for hydroxylation is 1. The quantitative estimate of drug-likeness (QED) is 0.263. The number of nitro benzene ring substituents is 1. The molecule has 1 aromatic heterocycles. The highest BCUT2D eigenvalue weighted by atomic mass is 35.5. The number of pyridine rings is 1. The molecule has 0 saturated carbocycles. The highest BCUT2D eigenvalue weighted by molar-refractivity contribution is 6.48. The number of halogens is 3. The van der Waals surface area contributed by atoms with E-state index < -0.39 is 22.9 Å². The Morgan fingerprint density at radius 2 is 1.78 bits per heavy atom. The Balaban J connectivity index is 1.94. The van der Waals surface area contributed by atoms with Crippen molar-refractivity contribution in [3.63, 3.8) is 0 Å². The minimum atomic E-state index is -1.46. The third kappa shape index (κ3) is 5.16. The van der Waals surface area contributed by atoms with Crippen molar-refractivity contribution in [2.75, 3.05) is 5.32 Å². The summed E-state index contributed by atoms with van der Waals surface area (Å²) in [6.07, 6.45) is -0.337. The number of nitrogens with one attached hydrogen (secondary N) is 1. The molecule has 1 heterocycles. The molecule has 3 rings (SSSR count). The molecule has 0 spiro atoms. The third-order valence-corrected chi connectivity index (χ3v) is 5.52. The molecule has 11 heteroatoms. The first-order valence-corrected chi connectivity index (χ1v) is 10.1. The molecule has 3 aromatic rings. The lowest BCUT2D eigenvalue weighted by atomic mass is 10.1. The van der Waals surface area contributed by atoms with E-state index in [1.165, 1.54) is 12.1 Å². The number of esters is 1. The zero-order valence-corrected chi connectivity index (χ0v) is 18.6. The van der Waals surface area contributed by atoms with Crippen LogP contribution in [0.1, 0.15) is 27.7 Å². The van der Waals surface area contributed by atoms with E-state index >= 15 is 0 Å². The fraction of sp³-hybridized carbons (Fsp3) is 0.0952. The summed E-state index contributed by atoms with van der Waals surface area (Å²) in [4.78, 5) is 40.4. The monoisotopic (exact) mass is 493 g/mol. The number of amides is 1. The normalized spacial score (nSPS) is 11.5. The van der Waals surface area contributed by atoms with E-state index in [2.05, 4.69) is 10.3 Å². The SMILES string of the molecule is Cc1ccc(NC(=O)C(OC(=O)c2ncc(Cl)c(Cl)c2Cl)c2ccccc2)c([N+](=O)[O-])c1. The van der Waals surface area contributed by atoms with E-state index in [1.54, 1.807) is 43.3 Å². The van der Waals surface area contributed by atoms with Crippen LogP contribution in [-0.2, 0) is 9.53 Å². The molecule has 1 atom stereocenters. The van der Waals surface area contributed by atoms with Crippen LogP contribution in [0.2, 0.25) is 15.1 Å². The van der Waals surface area contributed by atoms with Crippen LogP contribution >= 0.6 is 34.8 Å². The van der Waals surface area contributed by atoms with Crippen molar-refractivity contribution in [3.05, 3.63) is 96.7 Å². The van der Waals surface area contributed by atoms with E-state index in [0.717, 1.165) is 6.20 Å². The van der Waals surface area contributed by atoms with Gasteiger partial charge < -0.3 is 10.1 Å². The molecule has 1 N–H and O–H groups in total. The number of hydrogen-bond donors (Lipinski definition) is 1. The fourth-order valence-corrected chi connectivity index (χ4v) is 3.30. The van der Waals surface area contributed by atoms with Crippen LogP contribution in [0.5, 0.6) is 0 Å². The molecule has 0 aliphatic rings. The maximum atomic E-state index is 13.0. The second-order valence-corrected chi connectivity index (χ2v) is 7.71. The number of carbonyl (C=O) groups excluding carboxylic acids is 2. The van der Waals surface area contributed by atoms with Gasteiger partial charge in [-0.1, -0.05) is 71.2 Å². The molecular weight excluding hydrogens is 481 g/mol. The number of carbonyl (C=O) groups is 2. The molecule has 1 amide bonds. The molecule has 0 aliphatic heterocycles. The van der Waals surface area contributed by atoms with Crippen molar-refractivity contribution in [2.24, 2.45) is 0 Å². The molecule has 0 radical (unpaired) electrons. The predicted molar refractivity (Wildman–Crippen MR) is 120 cm³/mol. The van der Waals surface area contributed by atoms with Crippen molar-refractivity contribution in [3.8, 4) is 0 Å². The van der Waals surface area contributed by atoms with E-state index in [0.29, 0.717) is 11.1 Å². The van der Waals surface area contributed by atoms with Crippen LogP contribution in [0, 0.1) is 17.0 Å². The molecule has 164 valence electrons. The third-order valence-electron chi connectivity index (χ3n) is 4.28. The summed E-state index contributed by atoms with van der Waals surface area (Å²) in [7, 11) is 0. The number of nitrogens with zero attached hydrogens (tertiary/aromatic N) is 2. The lowest BCUT2D eigenvalue weighted by Crippen LogP contribution is -2.26. The molecule has 0 fully saturated rings. The number of aromatic nitrogens is 1. The van der Waals surface area contributed by atoms with Gasteiger partial charge in [-0.05, 0) is 18.6 Å². The number of anilines is 1. The molecular formula is C21H14Cl3N3O5. The Morgan fingerprint density at radius 1 is 1.09 bits per heavy atom. The molecule has 32 heavy (non-hydrogen) atoms. The van der Waals surface area contributed by atoms with Crippen LogP contribution in [0.15, 0.2) is 54.7 Å². The highest BCUT2D eigenvalue weighted by Crippen LogP contribution is 2.33. The Morgan fingerprint density at radius 3 is 2.44 bits per heavy atom. The van der Waals surface area contributed by atoms with E-state index in [-0.39, 0.29) is 32.1 Å². The van der Waals surface area contributed by atoms with Crippen LogP contribution in [-0.4, -0.2) is 21.8 Å².